The lowest BCUT2D eigenvalue weighted by Crippen LogP contribution is -2.24. The van der Waals surface area contributed by atoms with E-state index in [1.54, 1.807) is 0 Å². The van der Waals surface area contributed by atoms with Crippen LogP contribution in [0.5, 0.6) is 0 Å². The molecule has 0 atom stereocenters. The molecule has 2 nitrogen and oxygen atoms in total. The predicted molar refractivity (Wildman–Crippen MR) is 32.3 cm³/mol. The van der Waals surface area contributed by atoms with Crippen molar-refractivity contribution in [2.24, 2.45) is 0 Å². The third-order valence-corrected chi connectivity index (χ3v) is 1.04. The molecule has 6 heteroatoms. The number of hydrogen-bond donors (Lipinski definition) is 1. The fourth-order valence-electron chi connectivity index (χ4n) is 0.413. The van der Waals surface area contributed by atoms with Crippen LogP contribution in [-0.4, -0.2) is 23.4 Å². The Labute approximate surface area is 65.5 Å². The highest BCUT2D eigenvalue weighted by Gasteiger charge is 2.38. The van der Waals surface area contributed by atoms with Gasteiger partial charge in [0.25, 0.3) is 0 Å². The van der Waals surface area contributed by atoms with E-state index in [-0.39, 0.29) is 6.08 Å². The van der Waals surface area contributed by atoms with E-state index < -0.39 is 23.9 Å². The highest BCUT2D eigenvalue weighted by molar-refractivity contribution is 5.85. The van der Waals surface area contributed by atoms with E-state index in [1.807, 2.05) is 0 Å². The molecule has 70 valence electrons. The maximum atomic E-state index is 12.1. The van der Waals surface area contributed by atoms with Gasteiger partial charge in [-0.15, -0.1) is 0 Å². The van der Waals surface area contributed by atoms with Crippen molar-refractivity contribution in [1.29, 1.82) is 0 Å². The van der Waals surface area contributed by atoms with Crippen molar-refractivity contribution in [2.75, 3.05) is 0 Å². The Morgan fingerprint density at radius 1 is 1.50 bits per heavy atom. The van der Waals surface area contributed by atoms with Crippen LogP contribution < -0.4 is 0 Å². The number of allylic oxidation sites excluding steroid dienone is 1. The average Bonchev–Trinajstić information content (AvgIpc) is 1.85. The fraction of sp³-hybridized carbons (Fsp3) is 0.500. The summed E-state index contributed by atoms with van der Waals surface area (Å²) in [5.41, 5.74) is -0.805. The maximum absolute atomic E-state index is 12.1. The number of alkyl halides is 4. The third-order valence-electron chi connectivity index (χ3n) is 1.04. The summed E-state index contributed by atoms with van der Waals surface area (Å²) >= 11 is 0. The molecule has 0 unspecified atom stereocenters. The average molecular weight is 186 g/mol. The second-order valence-electron chi connectivity index (χ2n) is 2.11. The van der Waals surface area contributed by atoms with Crippen molar-refractivity contribution in [3.05, 3.63) is 11.6 Å². The van der Waals surface area contributed by atoms with E-state index in [0.29, 0.717) is 0 Å². The van der Waals surface area contributed by atoms with Gasteiger partial charge >= 0.3 is 18.3 Å². The van der Waals surface area contributed by atoms with E-state index in [1.165, 1.54) is 0 Å². The zero-order valence-corrected chi connectivity index (χ0v) is 6.02. The molecular weight excluding hydrogens is 180 g/mol. The molecule has 1 N–H and O–H groups in total. The standard InChI is InChI=1S/C6H6F4O2/c1-3(4(11)12)2-6(9,10)5(7)8/h2,5H,1H3,(H,11,12). The minimum atomic E-state index is -4.37. The summed E-state index contributed by atoms with van der Waals surface area (Å²) in [6.45, 7) is 0.818. The van der Waals surface area contributed by atoms with Crippen LogP contribution >= 0.6 is 0 Å². The van der Waals surface area contributed by atoms with Crippen molar-refractivity contribution in [1.82, 2.24) is 0 Å². The second-order valence-corrected chi connectivity index (χ2v) is 2.11. The number of carbonyl (C=O) groups is 1. The summed E-state index contributed by atoms with van der Waals surface area (Å²) in [6.07, 6.45) is -4.15. The molecule has 0 rings (SSSR count). The molecule has 0 aliphatic rings. The van der Waals surface area contributed by atoms with Gasteiger partial charge in [0, 0.05) is 11.6 Å². The first-order valence-corrected chi connectivity index (χ1v) is 2.86. The van der Waals surface area contributed by atoms with Crippen LogP contribution in [-0.2, 0) is 4.79 Å². The molecule has 12 heavy (non-hydrogen) atoms. The van der Waals surface area contributed by atoms with Crippen LogP contribution in [0, 0.1) is 0 Å². The van der Waals surface area contributed by atoms with E-state index in [4.69, 9.17) is 5.11 Å². The Kier molecular flexibility index (Phi) is 3.24. The minimum absolute atomic E-state index is 0.264. The number of hydrogen-bond acceptors (Lipinski definition) is 1. The van der Waals surface area contributed by atoms with Gasteiger partial charge in [-0.05, 0) is 6.92 Å². The van der Waals surface area contributed by atoms with E-state index in [2.05, 4.69) is 0 Å². The molecule has 0 bridgehead atoms. The molecule has 0 fully saturated rings. The summed E-state index contributed by atoms with van der Waals surface area (Å²) in [5.74, 6) is -6.02. The first-order valence-electron chi connectivity index (χ1n) is 2.86. The zero-order chi connectivity index (χ0) is 9.94. The van der Waals surface area contributed by atoms with Crippen LogP contribution in [0.3, 0.4) is 0 Å². The summed E-state index contributed by atoms with van der Waals surface area (Å²) in [4.78, 5) is 9.95. The molecule has 0 spiro atoms. The lowest BCUT2D eigenvalue weighted by atomic mass is 10.2. The summed E-state index contributed by atoms with van der Waals surface area (Å²) in [5, 5.41) is 8.08. The molecule has 0 aromatic carbocycles. The summed E-state index contributed by atoms with van der Waals surface area (Å²) < 4.78 is 47.0. The van der Waals surface area contributed by atoms with Crippen LogP contribution in [0.4, 0.5) is 17.6 Å². The van der Waals surface area contributed by atoms with Gasteiger partial charge in [0.1, 0.15) is 0 Å². The summed E-state index contributed by atoms with van der Waals surface area (Å²) in [7, 11) is 0. The first-order chi connectivity index (χ1) is 5.27. The van der Waals surface area contributed by atoms with E-state index in [0.717, 1.165) is 6.92 Å². The largest absolute Gasteiger partial charge is 0.478 e. The van der Waals surface area contributed by atoms with Crippen LogP contribution in [0.25, 0.3) is 0 Å². The zero-order valence-electron chi connectivity index (χ0n) is 6.02. The SMILES string of the molecule is CC(=CC(F)(F)C(F)F)C(=O)O. The lowest BCUT2D eigenvalue weighted by Gasteiger charge is -2.10. The third kappa shape index (κ3) is 2.89. The number of halogens is 4. The molecule has 0 saturated carbocycles. The number of carboxylic acids is 1. The van der Waals surface area contributed by atoms with Gasteiger partial charge in [0.2, 0.25) is 0 Å². The van der Waals surface area contributed by atoms with E-state index in [9.17, 15) is 22.4 Å². The van der Waals surface area contributed by atoms with Crippen molar-refractivity contribution in [3.63, 3.8) is 0 Å². The number of carboxylic acid groups (broad SMARTS) is 1. The molecular formula is C6H6F4O2. The minimum Gasteiger partial charge on any atom is -0.478 e. The summed E-state index contributed by atoms with van der Waals surface area (Å²) in [6, 6.07) is 0. The van der Waals surface area contributed by atoms with Crippen LogP contribution in [0.15, 0.2) is 11.6 Å². The molecule has 0 amide bonds. The Hall–Kier alpha value is -1.07. The second kappa shape index (κ2) is 3.55. The Morgan fingerprint density at radius 2 is 1.92 bits per heavy atom. The Balaban J connectivity index is 4.61. The van der Waals surface area contributed by atoms with Crippen LogP contribution in [0.1, 0.15) is 6.92 Å². The molecule has 0 aromatic heterocycles. The number of rotatable bonds is 3. The fourth-order valence-corrected chi connectivity index (χ4v) is 0.413. The lowest BCUT2D eigenvalue weighted by molar-refractivity contribution is -0.133. The molecule has 0 heterocycles. The van der Waals surface area contributed by atoms with Crippen molar-refractivity contribution in [2.45, 2.75) is 19.3 Å². The quantitative estimate of drug-likeness (QED) is 0.540. The van der Waals surface area contributed by atoms with Crippen molar-refractivity contribution >= 4 is 5.97 Å². The monoisotopic (exact) mass is 186 g/mol. The normalized spacial score (nSPS) is 13.7. The van der Waals surface area contributed by atoms with Crippen molar-refractivity contribution in [3.8, 4) is 0 Å². The van der Waals surface area contributed by atoms with Gasteiger partial charge in [0.15, 0.2) is 0 Å². The van der Waals surface area contributed by atoms with Gasteiger partial charge in [-0.1, -0.05) is 0 Å². The van der Waals surface area contributed by atoms with Crippen molar-refractivity contribution < 1.29 is 27.5 Å². The Morgan fingerprint density at radius 3 is 2.17 bits per heavy atom. The van der Waals surface area contributed by atoms with Gasteiger partial charge in [-0.3, -0.25) is 0 Å². The van der Waals surface area contributed by atoms with Gasteiger partial charge in [-0.2, -0.15) is 8.78 Å². The molecule has 0 saturated heterocycles. The van der Waals surface area contributed by atoms with Gasteiger partial charge in [0.05, 0.1) is 0 Å². The topological polar surface area (TPSA) is 37.3 Å². The van der Waals surface area contributed by atoms with Gasteiger partial charge < -0.3 is 5.11 Å². The molecule has 0 aliphatic heterocycles. The maximum Gasteiger partial charge on any atom is 0.331 e. The molecule has 0 aromatic rings. The first kappa shape index (κ1) is 10.9. The van der Waals surface area contributed by atoms with Crippen LogP contribution in [0.2, 0.25) is 0 Å². The highest BCUT2D eigenvalue weighted by Crippen LogP contribution is 2.25. The van der Waals surface area contributed by atoms with Gasteiger partial charge in [-0.25, -0.2) is 13.6 Å². The molecule has 0 aliphatic carbocycles. The number of aliphatic carboxylic acids is 1. The predicted octanol–water partition coefficient (Wildman–Crippen LogP) is 1.92. The highest BCUT2D eigenvalue weighted by atomic mass is 19.3. The smallest absolute Gasteiger partial charge is 0.331 e. The molecule has 0 radical (unpaired) electrons. The van der Waals surface area contributed by atoms with E-state index >= 15 is 0 Å². The Bertz CT molecular complexity index is 210.